The fourth-order valence-corrected chi connectivity index (χ4v) is 2.38. The number of hydrogen-bond acceptors (Lipinski definition) is 5. The van der Waals surface area contributed by atoms with Gasteiger partial charge in [0.25, 0.3) is 0 Å². The molecule has 0 heterocycles. The van der Waals surface area contributed by atoms with E-state index < -0.39 is 17.9 Å². The van der Waals surface area contributed by atoms with Crippen molar-refractivity contribution in [1.82, 2.24) is 0 Å². The number of carbonyl (C=O) groups is 2. The van der Waals surface area contributed by atoms with Gasteiger partial charge in [-0.05, 0) is 31.2 Å². The molecule has 0 N–H and O–H groups in total. The van der Waals surface area contributed by atoms with E-state index in [4.69, 9.17) is 4.74 Å². The molecule has 0 aliphatic rings. The van der Waals surface area contributed by atoms with Crippen molar-refractivity contribution in [3.05, 3.63) is 60.2 Å². The van der Waals surface area contributed by atoms with Crippen molar-refractivity contribution >= 4 is 11.9 Å². The minimum Gasteiger partial charge on any atom is -0.468 e. The summed E-state index contributed by atoms with van der Waals surface area (Å²) in [6, 6.07) is 10.1. The molecule has 1 aromatic rings. The molecule has 0 unspecified atom stereocenters. The van der Waals surface area contributed by atoms with Crippen molar-refractivity contribution in [3.63, 3.8) is 0 Å². The number of rotatable bonds is 12. The Morgan fingerprint density at radius 3 is 2.38 bits per heavy atom. The highest BCUT2D eigenvalue weighted by Crippen LogP contribution is 2.13. The van der Waals surface area contributed by atoms with E-state index in [0.29, 0.717) is 26.1 Å². The summed E-state index contributed by atoms with van der Waals surface area (Å²) in [6.07, 6.45) is 6.47. The molecule has 0 radical (unpaired) electrons. The normalized spacial score (nSPS) is 10.9. The zero-order chi connectivity index (χ0) is 19.2. The molecule has 0 saturated carbocycles. The van der Waals surface area contributed by atoms with Crippen LogP contribution in [0.25, 0.3) is 0 Å². The summed E-state index contributed by atoms with van der Waals surface area (Å²) < 4.78 is 14.9. The van der Waals surface area contributed by atoms with E-state index in [1.54, 1.807) is 0 Å². The molecule has 0 aromatic heterocycles. The first kappa shape index (κ1) is 21.6. The van der Waals surface area contributed by atoms with Gasteiger partial charge >= 0.3 is 11.9 Å². The molecule has 0 aliphatic carbocycles. The highest BCUT2D eigenvalue weighted by molar-refractivity contribution is 5.94. The van der Waals surface area contributed by atoms with Crippen molar-refractivity contribution in [2.75, 3.05) is 20.8 Å². The van der Waals surface area contributed by atoms with Crippen LogP contribution in [-0.2, 0) is 30.4 Å². The van der Waals surface area contributed by atoms with Crippen LogP contribution in [0.3, 0.4) is 0 Å². The van der Waals surface area contributed by atoms with Crippen LogP contribution in [0, 0.1) is 5.92 Å². The highest BCUT2D eigenvalue weighted by Gasteiger charge is 2.27. The molecule has 0 saturated heterocycles. The number of esters is 2. The van der Waals surface area contributed by atoms with Crippen LogP contribution in [0.4, 0.5) is 0 Å². The van der Waals surface area contributed by atoms with Gasteiger partial charge in [0.05, 0.1) is 20.8 Å². The molecule has 0 atom stereocenters. The average molecular weight is 360 g/mol. The molecule has 142 valence electrons. The minimum absolute atomic E-state index is 0.351. The number of hydrogen-bond donors (Lipinski definition) is 0. The van der Waals surface area contributed by atoms with Crippen LogP contribution < -0.4 is 0 Å². The Morgan fingerprint density at radius 2 is 1.77 bits per heavy atom. The quantitative estimate of drug-likeness (QED) is 0.245. The van der Waals surface area contributed by atoms with Crippen LogP contribution in [-0.4, -0.2) is 32.8 Å². The van der Waals surface area contributed by atoms with Crippen molar-refractivity contribution in [3.8, 4) is 0 Å². The second-order valence-corrected chi connectivity index (χ2v) is 5.88. The van der Waals surface area contributed by atoms with Gasteiger partial charge in [-0.15, -0.1) is 0 Å². The third kappa shape index (κ3) is 8.62. The maximum atomic E-state index is 11.6. The van der Waals surface area contributed by atoms with Crippen molar-refractivity contribution in [2.24, 2.45) is 5.92 Å². The molecule has 0 bridgehead atoms. The summed E-state index contributed by atoms with van der Waals surface area (Å²) in [6.45, 7) is 5.30. The summed E-state index contributed by atoms with van der Waals surface area (Å²) >= 11 is 0. The van der Waals surface area contributed by atoms with Gasteiger partial charge in [-0.25, -0.2) is 0 Å². The Balaban J connectivity index is 2.19. The molecule has 26 heavy (non-hydrogen) atoms. The van der Waals surface area contributed by atoms with E-state index in [9.17, 15) is 9.59 Å². The number of carbonyl (C=O) groups excluding carboxylic acids is 2. The Kier molecular flexibility index (Phi) is 10.7. The molecule has 0 amide bonds. The first-order chi connectivity index (χ1) is 12.6. The Bertz CT molecular complexity index is 576. The monoisotopic (exact) mass is 360 g/mol. The van der Waals surface area contributed by atoms with Gasteiger partial charge in [-0.2, -0.15) is 0 Å². The summed E-state index contributed by atoms with van der Waals surface area (Å²) in [7, 11) is 2.52. The lowest BCUT2D eigenvalue weighted by molar-refractivity contribution is -0.159. The van der Waals surface area contributed by atoms with E-state index in [-0.39, 0.29) is 0 Å². The Morgan fingerprint density at radius 1 is 1.12 bits per heavy atom. The summed E-state index contributed by atoms with van der Waals surface area (Å²) in [5.41, 5.74) is 2.15. The largest absolute Gasteiger partial charge is 0.468 e. The molecule has 0 spiro atoms. The predicted molar refractivity (Wildman–Crippen MR) is 100 cm³/mol. The highest BCUT2D eigenvalue weighted by atomic mass is 16.5. The maximum Gasteiger partial charge on any atom is 0.320 e. The maximum absolute atomic E-state index is 11.6. The molecule has 5 nitrogen and oxygen atoms in total. The number of ether oxygens (including phenoxy) is 3. The van der Waals surface area contributed by atoms with Crippen molar-refractivity contribution in [1.29, 1.82) is 0 Å². The molecule has 1 aromatic carbocycles. The van der Waals surface area contributed by atoms with E-state index in [1.165, 1.54) is 14.2 Å². The molecule has 5 heteroatoms. The fraction of sp³-hybridized carbons (Fsp3) is 0.429. The smallest absolute Gasteiger partial charge is 0.320 e. The fourth-order valence-electron chi connectivity index (χ4n) is 2.38. The second-order valence-electron chi connectivity index (χ2n) is 5.88. The van der Waals surface area contributed by atoms with Gasteiger partial charge in [0.2, 0.25) is 0 Å². The van der Waals surface area contributed by atoms with Gasteiger partial charge in [-0.3, -0.25) is 9.59 Å². The lowest BCUT2D eigenvalue weighted by Gasteiger charge is -2.10. The zero-order valence-electron chi connectivity index (χ0n) is 15.6. The second kappa shape index (κ2) is 12.9. The predicted octanol–water partition coefficient (Wildman–Crippen LogP) is 3.84. The van der Waals surface area contributed by atoms with Gasteiger partial charge < -0.3 is 14.2 Å². The third-order valence-corrected chi connectivity index (χ3v) is 3.85. The van der Waals surface area contributed by atoms with Crippen LogP contribution in [0.15, 0.2) is 54.6 Å². The number of allylic oxidation sites excluding steroid dienone is 3. The van der Waals surface area contributed by atoms with Crippen molar-refractivity contribution < 1.29 is 23.8 Å². The van der Waals surface area contributed by atoms with Crippen LogP contribution in [0.2, 0.25) is 0 Å². The average Bonchev–Trinajstić information content (AvgIpc) is 2.67. The summed E-state index contributed by atoms with van der Waals surface area (Å²) in [5, 5.41) is 0. The Hall–Kier alpha value is -2.40. The number of methoxy groups -OCH3 is 2. The van der Waals surface area contributed by atoms with Gasteiger partial charge in [0.15, 0.2) is 5.92 Å². The number of benzene rings is 1. The molecule has 0 aliphatic heterocycles. The lowest BCUT2D eigenvalue weighted by Crippen LogP contribution is -2.26. The van der Waals surface area contributed by atoms with Gasteiger partial charge in [0.1, 0.15) is 0 Å². The van der Waals surface area contributed by atoms with Crippen LogP contribution >= 0.6 is 0 Å². The van der Waals surface area contributed by atoms with E-state index in [0.717, 1.165) is 24.0 Å². The summed E-state index contributed by atoms with van der Waals surface area (Å²) in [4.78, 5) is 23.1. The van der Waals surface area contributed by atoms with E-state index >= 15 is 0 Å². The minimum atomic E-state index is -0.880. The topological polar surface area (TPSA) is 61.8 Å². The Labute approximate surface area is 155 Å². The standard InChI is InChI=1S/C21H28O5/c1-17(11-9-15-26-16-18-12-5-4-6-13-18)10-7-8-14-19(20(22)24-2)21(23)25-3/h4-7,10,12-13,19H,1,8-9,11,14-16H2,2-3H3/b10-7+. The van der Waals surface area contributed by atoms with Gasteiger partial charge in [0, 0.05) is 6.61 Å². The SMILES string of the molecule is C=C(/C=C/CCC(C(=O)OC)C(=O)OC)CCCOCc1ccccc1. The van der Waals surface area contributed by atoms with Gasteiger partial charge in [-0.1, -0.05) is 54.6 Å². The first-order valence-corrected chi connectivity index (χ1v) is 8.70. The molecule has 0 fully saturated rings. The molecular formula is C21H28O5. The van der Waals surface area contributed by atoms with Crippen molar-refractivity contribution in [2.45, 2.75) is 32.3 Å². The first-order valence-electron chi connectivity index (χ1n) is 8.70. The third-order valence-electron chi connectivity index (χ3n) is 3.85. The lowest BCUT2D eigenvalue weighted by atomic mass is 10.0. The van der Waals surface area contributed by atoms with E-state index in [1.807, 2.05) is 42.5 Å². The zero-order valence-corrected chi connectivity index (χ0v) is 15.6. The molecule has 1 rings (SSSR count). The molecular weight excluding hydrogens is 332 g/mol. The van der Waals surface area contributed by atoms with E-state index in [2.05, 4.69) is 16.1 Å². The van der Waals surface area contributed by atoms with Crippen LogP contribution in [0.1, 0.15) is 31.2 Å². The van der Waals surface area contributed by atoms with Crippen LogP contribution in [0.5, 0.6) is 0 Å². The summed E-state index contributed by atoms with van der Waals surface area (Å²) in [5.74, 6) is -2.02.